The van der Waals surface area contributed by atoms with Crippen LogP contribution in [0.3, 0.4) is 0 Å². The van der Waals surface area contributed by atoms with Gasteiger partial charge in [-0.3, -0.25) is 0 Å². The van der Waals surface area contributed by atoms with Crippen LogP contribution in [-0.4, -0.2) is 0 Å². The van der Waals surface area contributed by atoms with Crippen molar-refractivity contribution in [3.05, 3.63) is 82.9 Å². The molecule has 0 saturated carbocycles. The Labute approximate surface area is 134 Å². The first-order chi connectivity index (χ1) is 10.1. The molecule has 0 saturated heterocycles. The highest BCUT2D eigenvalue weighted by Crippen LogP contribution is 2.32. The van der Waals surface area contributed by atoms with E-state index in [-0.39, 0.29) is 0 Å². The van der Waals surface area contributed by atoms with E-state index in [1.54, 1.807) is 0 Å². The van der Waals surface area contributed by atoms with Crippen LogP contribution in [-0.2, 0) is 6.42 Å². The quantitative estimate of drug-likeness (QED) is 0.503. The van der Waals surface area contributed by atoms with Gasteiger partial charge in [0.2, 0.25) is 0 Å². The molecule has 0 heterocycles. The van der Waals surface area contributed by atoms with Gasteiger partial charge in [-0.05, 0) is 47.7 Å². The summed E-state index contributed by atoms with van der Waals surface area (Å²) in [7, 11) is 0. The molecule has 0 aliphatic heterocycles. The predicted molar refractivity (Wildman–Crippen MR) is 95.2 cm³/mol. The van der Waals surface area contributed by atoms with E-state index in [1.165, 1.54) is 33.0 Å². The van der Waals surface area contributed by atoms with Gasteiger partial charge < -0.3 is 0 Å². The van der Waals surface area contributed by atoms with E-state index in [4.69, 9.17) is 0 Å². The number of rotatable bonds is 3. The number of halogens is 1. The maximum Gasteiger partial charge on any atom is 0.0438 e. The molecule has 1 unspecified atom stereocenters. The lowest BCUT2D eigenvalue weighted by molar-refractivity contribution is 0.945. The van der Waals surface area contributed by atoms with Crippen molar-refractivity contribution in [1.82, 2.24) is 0 Å². The van der Waals surface area contributed by atoms with E-state index in [1.807, 2.05) is 0 Å². The maximum absolute atomic E-state index is 3.88. The summed E-state index contributed by atoms with van der Waals surface area (Å²) in [5.74, 6) is 0. The van der Waals surface area contributed by atoms with E-state index in [0.29, 0.717) is 4.83 Å². The zero-order valence-corrected chi connectivity index (χ0v) is 14.0. The normalized spacial score (nSPS) is 12.5. The maximum atomic E-state index is 3.88. The van der Waals surface area contributed by atoms with Crippen LogP contribution in [0.1, 0.15) is 27.1 Å². The highest BCUT2D eigenvalue weighted by molar-refractivity contribution is 9.09. The van der Waals surface area contributed by atoms with Crippen molar-refractivity contribution in [1.29, 1.82) is 0 Å². The first-order valence-corrected chi connectivity index (χ1v) is 8.24. The Bertz CT molecular complexity index is 768. The summed E-state index contributed by atoms with van der Waals surface area (Å²) in [5, 5.41) is 2.67. The molecule has 0 aromatic heterocycles. The minimum absolute atomic E-state index is 0.351. The van der Waals surface area contributed by atoms with Gasteiger partial charge in [0, 0.05) is 4.83 Å². The fraction of sp³-hybridized carbons (Fsp3) is 0.200. The molecule has 1 atom stereocenters. The Kier molecular flexibility index (Phi) is 4.12. The Balaban J connectivity index is 1.94. The average molecular weight is 339 g/mol. The Hall–Kier alpha value is -1.60. The van der Waals surface area contributed by atoms with E-state index in [9.17, 15) is 0 Å². The summed E-state index contributed by atoms with van der Waals surface area (Å²) in [6, 6.07) is 21.9. The van der Waals surface area contributed by atoms with Gasteiger partial charge in [-0.15, -0.1) is 0 Å². The number of alkyl halides is 1. The summed E-state index contributed by atoms with van der Waals surface area (Å²) >= 11 is 3.88. The zero-order valence-electron chi connectivity index (χ0n) is 12.4. The predicted octanol–water partition coefficient (Wildman–Crippen LogP) is 6.14. The lowest BCUT2D eigenvalue weighted by Crippen LogP contribution is -1.99. The topological polar surface area (TPSA) is 0 Å². The van der Waals surface area contributed by atoms with Gasteiger partial charge in [-0.2, -0.15) is 0 Å². The van der Waals surface area contributed by atoms with Crippen LogP contribution in [0.25, 0.3) is 10.8 Å². The summed E-state index contributed by atoms with van der Waals surface area (Å²) < 4.78 is 0. The largest absolute Gasteiger partial charge is 0.0835 e. The van der Waals surface area contributed by atoms with Gasteiger partial charge in [0.1, 0.15) is 0 Å². The first kappa shape index (κ1) is 14.3. The molecule has 0 N–H and O–H groups in total. The zero-order chi connectivity index (χ0) is 14.8. The summed E-state index contributed by atoms with van der Waals surface area (Å²) in [4.78, 5) is 0.351. The van der Waals surface area contributed by atoms with Crippen molar-refractivity contribution in [3.8, 4) is 0 Å². The minimum Gasteiger partial charge on any atom is -0.0835 e. The molecule has 0 aliphatic rings. The van der Waals surface area contributed by atoms with E-state index in [0.717, 1.165) is 6.42 Å². The van der Waals surface area contributed by atoms with Crippen molar-refractivity contribution >= 4 is 26.7 Å². The lowest BCUT2D eigenvalue weighted by Gasteiger charge is -2.15. The molecule has 0 bridgehead atoms. The van der Waals surface area contributed by atoms with E-state index < -0.39 is 0 Å². The van der Waals surface area contributed by atoms with Crippen molar-refractivity contribution in [2.75, 3.05) is 0 Å². The molecule has 0 nitrogen and oxygen atoms in total. The molecule has 106 valence electrons. The molecular formula is C20H19Br. The monoisotopic (exact) mass is 338 g/mol. The van der Waals surface area contributed by atoms with E-state index >= 15 is 0 Å². The van der Waals surface area contributed by atoms with Crippen LogP contribution in [0.5, 0.6) is 0 Å². The highest BCUT2D eigenvalue weighted by atomic mass is 79.9. The van der Waals surface area contributed by atoms with Crippen LogP contribution >= 0.6 is 15.9 Å². The van der Waals surface area contributed by atoms with Gasteiger partial charge in [0.25, 0.3) is 0 Å². The van der Waals surface area contributed by atoms with Crippen molar-refractivity contribution < 1.29 is 0 Å². The fourth-order valence-electron chi connectivity index (χ4n) is 2.95. The smallest absolute Gasteiger partial charge is 0.0438 e. The number of hydrogen-bond donors (Lipinski definition) is 0. The van der Waals surface area contributed by atoms with Gasteiger partial charge in [0.05, 0.1) is 0 Å². The molecule has 3 aromatic rings. The number of benzene rings is 3. The van der Waals surface area contributed by atoms with Crippen LogP contribution in [0.4, 0.5) is 0 Å². The van der Waals surface area contributed by atoms with Crippen LogP contribution in [0.15, 0.2) is 60.7 Å². The lowest BCUT2D eigenvalue weighted by atomic mass is 9.96. The molecule has 1 heteroatoms. The van der Waals surface area contributed by atoms with Crippen LogP contribution in [0, 0.1) is 13.8 Å². The standard InChI is InChI=1S/C20H19Br/c1-14-10-11-18(15(2)12-14)20(21)13-17-8-5-7-16-6-3-4-9-19(16)17/h3-12,20H,13H2,1-2H3. The molecule has 21 heavy (non-hydrogen) atoms. The number of fused-ring (bicyclic) bond motifs is 1. The third-order valence-electron chi connectivity index (χ3n) is 4.04. The molecule has 0 spiro atoms. The molecule has 0 radical (unpaired) electrons. The number of hydrogen-bond acceptors (Lipinski definition) is 0. The third kappa shape index (κ3) is 3.03. The summed E-state index contributed by atoms with van der Waals surface area (Å²) in [6.07, 6.45) is 1.01. The molecule has 0 fully saturated rings. The Morgan fingerprint density at radius 2 is 1.67 bits per heavy atom. The molecule has 3 rings (SSSR count). The van der Waals surface area contributed by atoms with Crippen LogP contribution in [0.2, 0.25) is 0 Å². The Morgan fingerprint density at radius 1 is 0.905 bits per heavy atom. The van der Waals surface area contributed by atoms with Crippen molar-refractivity contribution in [2.24, 2.45) is 0 Å². The SMILES string of the molecule is Cc1ccc(C(Br)Cc2cccc3ccccc23)c(C)c1. The highest BCUT2D eigenvalue weighted by Gasteiger charge is 2.12. The van der Waals surface area contributed by atoms with E-state index in [2.05, 4.69) is 90.4 Å². The van der Waals surface area contributed by atoms with Crippen molar-refractivity contribution in [2.45, 2.75) is 25.1 Å². The average Bonchev–Trinajstić information content (AvgIpc) is 2.47. The summed E-state index contributed by atoms with van der Waals surface area (Å²) in [5.41, 5.74) is 5.46. The summed E-state index contributed by atoms with van der Waals surface area (Å²) in [6.45, 7) is 4.34. The molecule has 3 aromatic carbocycles. The molecular weight excluding hydrogens is 320 g/mol. The van der Waals surface area contributed by atoms with Crippen LogP contribution < -0.4 is 0 Å². The Morgan fingerprint density at radius 3 is 2.48 bits per heavy atom. The second-order valence-corrected chi connectivity index (χ2v) is 6.78. The second-order valence-electron chi connectivity index (χ2n) is 5.67. The van der Waals surface area contributed by atoms with Gasteiger partial charge in [-0.1, -0.05) is 82.2 Å². The van der Waals surface area contributed by atoms with Gasteiger partial charge in [0.15, 0.2) is 0 Å². The first-order valence-electron chi connectivity index (χ1n) is 7.33. The number of aryl methyl sites for hydroxylation is 2. The third-order valence-corrected chi connectivity index (χ3v) is 4.86. The minimum atomic E-state index is 0.351. The fourth-order valence-corrected chi connectivity index (χ4v) is 3.81. The van der Waals surface area contributed by atoms with Gasteiger partial charge in [-0.25, -0.2) is 0 Å². The molecule has 0 aliphatic carbocycles. The molecule has 0 amide bonds. The van der Waals surface area contributed by atoms with Crippen molar-refractivity contribution in [3.63, 3.8) is 0 Å². The second kappa shape index (κ2) is 6.03. The van der Waals surface area contributed by atoms with Gasteiger partial charge >= 0.3 is 0 Å².